The molecule has 0 aromatic heterocycles. The first-order valence-corrected chi connectivity index (χ1v) is 4.45. The lowest BCUT2D eigenvalue weighted by Gasteiger charge is -1.84. The van der Waals surface area contributed by atoms with Crippen LogP contribution < -0.4 is 0 Å². The first-order valence-electron chi connectivity index (χ1n) is 3.33. The summed E-state index contributed by atoms with van der Waals surface area (Å²) in [6, 6.07) is 0. The first kappa shape index (κ1) is 10.4. The molecule has 1 nitrogen and oxygen atoms in total. The first-order chi connectivity index (χ1) is 5.31. The molecule has 0 aromatic carbocycles. The molecular formula is C9H11BrO. The van der Waals surface area contributed by atoms with Gasteiger partial charge in [-0.1, -0.05) is 52.9 Å². The van der Waals surface area contributed by atoms with Gasteiger partial charge in [0.2, 0.25) is 0 Å². The van der Waals surface area contributed by atoms with Crippen LogP contribution in [-0.2, 0) is 4.79 Å². The van der Waals surface area contributed by atoms with Crippen LogP contribution in [0.1, 0.15) is 6.42 Å². The molecule has 60 valence electrons. The summed E-state index contributed by atoms with van der Waals surface area (Å²) in [6.45, 7) is 3.51. The van der Waals surface area contributed by atoms with Gasteiger partial charge in [0.1, 0.15) is 5.78 Å². The third kappa shape index (κ3) is 7.26. The maximum atomic E-state index is 10.7. The van der Waals surface area contributed by atoms with E-state index >= 15 is 0 Å². The molecule has 0 heterocycles. The summed E-state index contributed by atoms with van der Waals surface area (Å²) in [6.07, 6.45) is 9.50. The van der Waals surface area contributed by atoms with Gasteiger partial charge in [0.25, 0.3) is 0 Å². The SMILES string of the molecule is C=C/C=C\C=C/CC(=O)CBr. The highest BCUT2D eigenvalue weighted by Gasteiger charge is 1.91. The Labute approximate surface area is 75.6 Å². The zero-order chi connectivity index (χ0) is 8.53. The topological polar surface area (TPSA) is 17.1 Å². The van der Waals surface area contributed by atoms with Gasteiger partial charge in [-0.15, -0.1) is 0 Å². The number of Topliss-reactive ketones (excluding diaryl/α,β-unsaturated/α-hetero) is 1. The molecule has 0 spiro atoms. The van der Waals surface area contributed by atoms with Crippen LogP contribution in [0.5, 0.6) is 0 Å². The summed E-state index contributed by atoms with van der Waals surface area (Å²) in [5, 5.41) is 0.433. The summed E-state index contributed by atoms with van der Waals surface area (Å²) in [4.78, 5) is 10.7. The minimum absolute atomic E-state index is 0.188. The predicted octanol–water partition coefficient (Wildman–Crippen LogP) is 2.64. The Kier molecular flexibility index (Phi) is 7.05. The minimum Gasteiger partial charge on any atom is -0.298 e. The Hall–Kier alpha value is -0.630. The molecule has 0 saturated heterocycles. The quantitative estimate of drug-likeness (QED) is 0.509. The van der Waals surface area contributed by atoms with Crippen LogP contribution in [0.4, 0.5) is 0 Å². The fourth-order valence-corrected chi connectivity index (χ4v) is 0.704. The summed E-state index contributed by atoms with van der Waals surface area (Å²) >= 11 is 3.08. The molecule has 0 N–H and O–H groups in total. The van der Waals surface area contributed by atoms with Gasteiger partial charge in [0.15, 0.2) is 0 Å². The van der Waals surface area contributed by atoms with Crippen LogP contribution in [-0.4, -0.2) is 11.1 Å². The second-order valence-corrected chi connectivity index (χ2v) is 2.49. The summed E-state index contributed by atoms with van der Waals surface area (Å²) in [7, 11) is 0. The van der Waals surface area contributed by atoms with Crippen molar-refractivity contribution in [1.82, 2.24) is 0 Å². The van der Waals surface area contributed by atoms with E-state index in [2.05, 4.69) is 22.5 Å². The van der Waals surface area contributed by atoms with Gasteiger partial charge in [-0.05, 0) is 0 Å². The Balaban J connectivity index is 3.52. The molecule has 0 rings (SSSR count). The molecule has 11 heavy (non-hydrogen) atoms. The summed E-state index contributed by atoms with van der Waals surface area (Å²) < 4.78 is 0. The molecule has 0 aliphatic heterocycles. The molecule has 0 aliphatic rings. The number of alkyl halides is 1. The summed E-state index contributed by atoms with van der Waals surface area (Å²) in [5.74, 6) is 0.188. The van der Waals surface area contributed by atoms with Crippen molar-refractivity contribution < 1.29 is 4.79 Å². The molecule has 2 heteroatoms. The summed E-state index contributed by atoms with van der Waals surface area (Å²) in [5.41, 5.74) is 0. The Morgan fingerprint density at radius 3 is 2.64 bits per heavy atom. The number of hydrogen-bond donors (Lipinski definition) is 0. The second-order valence-electron chi connectivity index (χ2n) is 1.93. The monoisotopic (exact) mass is 214 g/mol. The molecule has 0 bridgehead atoms. The van der Waals surface area contributed by atoms with Crippen LogP contribution in [0.3, 0.4) is 0 Å². The van der Waals surface area contributed by atoms with Crippen LogP contribution in [0.15, 0.2) is 37.0 Å². The number of ketones is 1. The highest BCUT2D eigenvalue weighted by atomic mass is 79.9. The Morgan fingerprint density at radius 1 is 1.36 bits per heavy atom. The lowest BCUT2D eigenvalue weighted by Crippen LogP contribution is -1.94. The normalized spacial score (nSPS) is 11.0. The minimum atomic E-state index is 0.188. The molecule has 0 saturated carbocycles. The number of carbonyl (C=O) groups is 1. The number of carbonyl (C=O) groups excluding carboxylic acids is 1. The van der Waals surface area contributed by atoms with Crippen molar-refractivity contribution in [3.63, 3.8) is 0 Å². The molecule has 0 radical (unpaired) electrons. The van der Waals surface area contributed by atoms with Gasteiger partial charge >= 0.3 is 0 Å². The standard InChI is InChI=1S/C9H11BrO/c1-2-3-4-5-6-7-9(11)8-10/h2-6H,1,7-8H2/b4-3-,6-5-. The number of halogens is 1. The van der Waals surface area contributed by atoms with Crippen molar-refractivity contribution in [1.29, 1.82) is 0 Å². The van der Waals surface area contributed by atoms with E-state index in [-0.39, 0.29) is 5.78 Å². The van der Waals surface area contributed by atoms with Crippen molar-refractivity contribution in [3.8, 4) is 0 Å². The molecule has 0 aromatic rings. The largest absolute Gasteiger partial charge is 0.298 e. The van der Waals surface area contributed by atoms with Gasteiger partial charge < -0.3 is 0 Å². The highest BCUT2D eigenvalue weighted by Crippen LogP contribution is 1.91. The average Bonchev–Trinajstić information content (AvgIpc) is 2.04. The van der Waals surface area contributed by atoms with E-state index in [4.69, 9.17) is 0 Å². The van der Waals surface area contributed by atoms with Crippen LogP contribution in [0, 0.1) is 0 Å². The third-order valence-corrected chi connectivity index (χ3v) is 1.61. The second kappa shape index (κ2) is 7.48. The fourth-order valence-electron chi connectivity index (χ4n) is 0.475. The van der Waals surface area contributed by atoms with E-state index in [0.717, 1.165) is 0 Å². The lowest BCUT2D eigenvalue weighted by molar-refractivity contribution is -0.115. The number of allylic oxidation sites excluding steroid dienone is 5. The van der Waals surface area contributed by atoms with Crippen molar-refractivity contribution >= 4 is 21.7 Å². The lowest BCUT2D eigenvalue weighted by atomic mass is 10.3. The van der Waals surface area contributed by atoms with E-state index in [0.29, 0.717) is 11.8 Å². The smallest absolute Gasteiger partial charge is 0.147 e. The molecule has 0 atom stereocenters. The Bertz CT molecular complexity index is 180. The molecule has 0 fully saturated rings. The molecule has 0 aliphatic carbocycles. The van der Waals surface area contributed by atoms with Gasteiger partial charge in [-0.2, -0.15) is 0 Å². The number of hydrogen-bond acceptors (Lipinski definition) is 1. The van der Waals surface area contributed by atoms with E-state index in [9.17, 15) is 4.79 Å². The fraction of sp³-hybridized carbons (Fsp3) is 0.222. The molecule has 0 unspecified atom stereocenters. The predicted molar refractivity (Wildman–Crippen MR) is 51.9 cm³/mol. The van der Waals surface area contributed by atoms with E-state index in [1.54, 1.807) is 6.08 Å². The number of rotatable bonds is 5. The van der Waals surface area contributed by atoms with Gasteiger partial charge in [0, 0.05) is 6.42 Å². The van der Waals surface area contributed by atoms with Gasteiger partial charge in [-0.25, -0.2) is 0 Å². The van der Waals surface area contributed by atoms with Crippen molar-refractivity contribution in [3.05, 3.63) is 37.0 Å². The van der Waals surface area contributed by atoms with Gasteiger partial charge in [0.05, 0.1) is 5.33 Å². The third-order valence-electron chi connectivity index (χ3n) is 0.989. The average molecular weight is 215 g/mol. The zero-order valence-corrected chi connectivity index (χ0v) is 7.88. The van der Waals surface area contributed by atoms with Crippen molar-refractivity contribution in [2.75, 3.05) is 5.33 Å². The van der Waals surface area contributed by atoms with Gasteiger partial charge in [-0.3, -0.25) is 4.79 Å². The van der Waals surface area contributed by atoms with Crippen molar-refractivity contribution in [2.24, 2.45) is 0 Å². The Morgan fingerprint density at radius 2 is 2.09 bits per heavy atom. The maximum absolute atomic E-state index is 10.7. The zero-order valence-electron chi connectivity index (χ0n) is 6.29. The highest BCUT2D eigenvalue weighted by molar-refractivity contribution is 9.09. The van der Waals surface area contributed by atoms with Crippen molar-refractivity contribution in [2.45, 2.75) is 6.42 Å². The van der Waals surface area contributed by atoms with E-state index in [1.807, 2.05) is 24.3 Å². The van der Waals surface area contributed by atoms with Crippen LogP contribution in [0.2, 0.25) is 0 Å². The van der Waals surface area contributed by atoms with Crippen LogP contribution in [0.25, 0.3) is 0 Å². The molecular weight excluding hydrogens is 204 g/mol. The maximum Gasteiger partial charge on any atom is 0.147 e. The van der Waals surface area contributed by atoms with E-state index in [1.165, 1.54) is 0 Å². The van der Waals surface area contributed by atoms with E-state index < -0.39 is 0 Å². The molecule has 0 amide bonds. The van der Waals surface area contributed by atoms with Crippen LogP contribution >= 0.6 is 15.9 Å².